The summed E-state index contributed by atoms with van der Waals surface area (Å²) >= 11 is 0. The highest BCUT2D eigenvalue weighted by Crippen LogP contribution is 2.32. The van der Waals surface area contributed by atoms with E-state index in [1.165, 1.54) is 4.31 Å². The summed E-state index contributed by atoms with van der Waals surface area (Å²) < 4.78 is 35.8. The number of benzene rings is 2. The Morgan fingerprint density at radius 1 is 1.04 bits per heavy atom. The van der Waals surface area contributed by atoms with Crippen LogP contribution in [0.1, 0.15) is 16.8 Å². The number of fused-ring (bicyclic) bond motifs is 1. The molecule has 0 bridgehead atoms. The van der Waals surface area contributed by atoms with Crippen LogP contribution < -0.4 is 19.1 Å². The molecule has 1 amide bonds. The van der Waals surface area contributed by atoms with Gasteiger partial charge in [0.1, 0.15) is 0 Å². The lowest BCUT2D eigenvalue weighted by molar-refractivity contribution is 0.102. The number of hydrogen-bond acceptors (Lipinski definition) is 5. The van der Waals surface area contributed by atoms with Gasteiger partial charge in [0.15, 0.2) is 11.5 Å². The summed E-state index contributed by atoms with van der Waals surface area (Å²) in [6.45, 7) is 0.645. The summed E-state index contributed by atoms with van der Waals surface area (Å²) in [5.41, 5.74) is 1.65. The fraction of sp³-hybridized carbons (Fsp3) is 0.235. The minimum Gasteiger partial charge on any atom is -0.454 e. The fourth-order valence-electron chi connectivity index (χ4n) is 2.88. The van der Waals surface area contributed by atoms with Crippen LogP contribution in [0.25, 0.3) is 0 Å². The highest BCUT2D eigenvalue weighted by atomic mass is 32.2. The van der Waals surface area contributed by atoms with E-state index < -0.39 is 10.0 Å². The van der Waals surface area contributed by atoms with Gasteiger partial charge < -0.3 is 14.8 Å². The predicted molar refractivity (Wildman–Crippen MR) is 92.7 cm³/mol. The number of ether oxygens (including phenoxy) is 2. The Morgan fingerprint density at radius 2 is 1.80 bits per heavy atom. The third-order valence-corrected chi connectivity index (χ3v) is 6.02. The molecule has 0 spiro atoms. The van der Waals surface area contributed by atoms with Gasteiger partial charge in [-0.25, -0.2) is 8.42 Å². The zero-order chi connectivity index (χ0) is 17.4. The number of nitrogens with zero attached hydrogens (tertiary/aromatic N) is 1. The van der Waals surface area contributed by atoms with Crippen molar-refractivity contribution in [2.45, 2.75) is 6.42 Å². The van der Waals surface area contributed by atoms with Gasteiger partial charge in [0.25, 0.3) is 5.91 Å². The average molecular weight is 360 g/mol. The summed E-state index contributed by atoms with van der Waals surface area (Å²) in [5.74, 6) is 1.06. The van der Waals surface area contributed by atoms with Crippen LogP contribution in [-0.2, 0) is 10.0 Å². The minimum absolute atomic E-state index is 0.154. The third kappa shape index (κ3) is 3.00. The van der Waals surface area contributed by atoms with E-state index in [0.717, 1.165) is 0 Å². The van der Waals surface area contributed by atoms with Crippen molar-refractivity contribution in [3.05, 3.63) is 48.0 Å². The standard InChI is InChI=1S/C17H16N2O5S/c20-17(12-2-7-15-16(10-12)24-11-23-15)18-13-3-5-14(6-4-13)19-8-1-9-25(19,21)22/h2-7,10H,1,8-9,11H2,(H,18,20). The minimum atomic E-state index is -3.20. The van der Waals surface area contributed by atoms with Crippen LogP contribution in [0.5, 0.6) is 11.5 Å². The summed E-state index contributed by atoms with van der Waals surface area (Å²) in [6.07, 6.45) is 0.630. The first kappa shape index (κ1) is 15.8. The van der Waals surface area contributed by atoms with Gasteiger partial charge in [-0.3, -0.25) is 9.10 Å². The molecule has 1 saturated heterocycles. The number of nitrogens with one attached hydrogen (secondary N) is 1. The zero-order valence-electron chi connectivity index (χ0n) is 13.3. The lowest BCUT2D eigenvalue weighted by Gasteiger charge is -2.17. The normalized spacial score (nSPS) is 17.5. The molecule has 130 valence electrons. The van der Waals surface area contributed by atoms with Crippen LogP contribution in [0.4, 0.5) is 11.4 Å². The topological polar surface area (TPSA) is 84.9 Å². The predicted octanol–water partition coefficient (Wildman–Crippen LogP) is 2.21. The number of rotatable bonds is 3. The maximum absolute atomic E-state index is 12.3. The lowest BCUT2D eigenvalue weighted by atomic mass is 10.2. The second kappa shape index (κ2) is 5.96. The second-order valence-electron chi connectivity index (χ2n) is 5.81. The van der Waals surface area contributed by atoms with Gasteiger partial charge in [-0.2, -0.15) is 0 Å². The van der Waals surface area contributed by atoms with Gasteiger partial charge in [-0.15, -0.1) is 0 Å². The molecule has 2 heterocycles. The number of carbonyl (C=O) groups is 1. The molecule has 2 aliphatic heterocycles. The van der Waals surface area contributed by atoms with E-state index in [1.54, 1.807) is 42.5 Å². The molecular formula is C17H16N2O5S. The monoisotopic (exact) mass is 360 g/mol. The number of sulfonamides is 1. The van der Waals surface area contributed by atoms with E-state index in [2.05, 4.69) is 5.32 Å². The molecular weight excluding hydrogens is 344 g/mol. The number of hydrogen-bond donors (Lipinski definition) is 1. The van der Waals surface area contributed by atoms with Crippen LogP contribution in [0, 0.1) is 0 Å². The first-order valence-electron chi connectivity index (χ1n) is 7.84. The quantitative estimate of drug-likeness (QED) is 0.907. The van der Waals surface area contributed by atoms with Crippen LogP contribution in [0.15, 0.2) is 42.5 Å². The molecule has 1 N–H and O–H groups in total. The lowest BCUT2D eigenvalue weighted by Crippen LogP contribution is -2.24. The Labute approximate surface area is 145 Å². The Balaban J connectivity index is 1.49. The van der Waals surface area contributed by atoms with Crippen molar-refractivity contribution in [2.75, 3.05) is 28.7 Å². The molecule has 0 aliphatic carbocycles. The van der Waals surface area contributed by atoms with E-state index >= 15 is 0 Å². The van der Waals surface area contributed by atoms with Crippen LogP contribution in [-0.4, -0.2) is 33.4 Å². The van der Waals surface area contributed by atoms with Crippen molar-refractivity contribution < 1.29 is 22.7 Å². The number of amides is 1. The van der Waals surface area contributed by atoms with Crippen molar-refractivity contribution in [2.24, 2.45) is 0 Å². The largest absolute Gasteiger partial charge is 0.454 e. The number of anilines is 2. The zero-order valence-corrected chi connectivity index (χ0v) is 14.1. The van der Waals surface area contributed by atoms with Crippen molar-refractivity contribution >= 4 is 27.3 Å². The molecule has 2 aromatic carbocycles. The van der Waals surface area contributed by atoms with Crippen LogP contribution in [0.3, 0.4) is 0 Å². The van der Waals surface area contributed by atoms with E-state index in [4.69, 9.17) is 9.47 Å². The van der Waals surface area contributed by atoms with E-state index in [1.807, 2.05) is 0 Å². The first-order chi connectivity index (χ1) is 12.0. The number of carbonyl (C=O) groups excluding carboxylic acids is 1. The molecule has 0 radical (unpaired) electrons. The molecule has 2 aromatic rings. The van der Waals surface area contributed by atoms with Crippen LogP contribution in [0.2, 0.25) is 0 Å². The van der Waals surface area contributed by atoms with Gasteiger partial charge in [0.2, 0.25) is 16.8 Å². The van der Waals surface area contributed by atoms with Crippen LogP contribution >= 0.6 is 0 Å². The summed E-state index contributed by atoms with van der Waals surface area (Å²) in [4.78, 5) is 12.3. The van der Waals surface area contributed by atoms with Gasteiger partial charge in [-0.05, 0) is 48.9 Å². The SMILES string of the molecule is O=C(Nc1ccc(N2CCCS2(=O)=O)cc1)c1ccc2c(c1)OCO2. The fourth-order valence-corrected chi connectivity index (χ4v) is 4.45. The van der Waals surface area contributed by atoms with Gasteiger partial charge in [0, 0.05) is 17.8 Å². The smallest absolute Gasteiger partial charge is 0.255 e. The van der Waals surface area contributed by atoms with E-state index in [0.29, 0.717) is 41.4 Å². The van der Waals surface area contributed by atoms with Crippen molar-refractivity contribution in [1.29, 1.82) is 0 Å². The molecule has 0 atom stereocenters. The van der Waals surface area contributed by atoms with Gasteiger partial charge in [-0.1, -0.05) is 0 Å². The molecule has 8 heteroatoms. The molecule has 1 fully saturated rings. The van der Waals surface area contributed by atoms with Gasteiger partial charge >= 0.3 is 0 Å². The van der Waals surface area contributed by atoms with E-state index in [-0.39, 0.29) is 18.5 Å². The Bertz CT molecular complexity index is 925. The Hall–Kier alpha value is -2.74. The first-order valence-corrected chi connectivity index (χ1v) is 9.45. The molecule has 0 saturated carbocycles. The molecule has 2 aliphatic rings. The molecule has 0 unspecified atom stereocenters. The summed E-state index contributed by atoms with van der Waals surface area (Å²) in [5, 5.41) is 2.78. The molecule has 25 heavy (non-hydrogen) atoms. The highest BCUT2D eigenvalue weighted by Gasteiger charge is 2.28. The van der Waals surface area contributed by atoms with Gasteiger partial charge in [0.05, 0.1) is 11.4 Å². The Kier molecular flexibility index (Phi) is 3.76. The van der Waals surface area contributed by atoms with E-state index in [9.17, 15) is 13.2 Å². The molecule has 4 rings (SSSR count). The third-order valence-electron chi connectivity index (χ3n) is 4.15. The highest BCUT2D eigenvalue weighted by molar-refractivity contribution is 7.93. The summed E-state index contributed by atoms with van der Waals surface area (Å²) in [7, 11) is -3.20. The molecule has 0 aromatic heterocycles. The average Bonchev–Trinajstić information content (AvgIpc) is 3.20. The van der Waals surface area contributed by atoms with Crippen molar-refractivity contribution in [3.8, 4) is 11.5 Å². The Morgan fingerprint density at radius 3 is 2.52 bits per heavy atom. The van der Waals surface area contributed by atoms with Crippen molar-refractivity contribution in [1.82, 2.24) is 0 Å². The molecule has 7 nitrogen and oxygen atoms in total. The summed E-state index contributed by atoms with van der Waals surface area (Å²) in [6, 6.07) is 11.7. The maximum Gasteiger partial charge on any atom is 0.255 e. The maximum atomic E-state index is 12.3. The van der Waals surface area contributed by atoms with Crippen molar-refractivity contribution in [3.63, 3.8) is 0 Å². The second-order valence-corrected chi connectivity index (χ2v) is 7.82.